The lowest BCUT2D eigenvalue weighted by molar-refractivity contribution is 0.249. The van der Waals surface area contributed by atoms with Crippen LogP contribution >= 0.6 is 11.3 Å². The van der Waals surface area contributed by atoms with Crippen LogP contribution in [-0.2, 0) is 6.54 Å². The molecule has 0 amide bonds. The van der Waals surface area contributed by atoms with Crippen LogP contribution in [0.1, 0.15) is 11.1 Å². The molecule has 1 aromatic carbocycles. The Morgan fingerprint density at radius 2 is 1.83 bits per heavy atom. The molecule has 6 heteroatoms. The van der Waals surface area contributed by atoms with Crippen LogP contribution < -0.4 is 4.90 Å². The summed E-state index contributed by atoms with van der Waals surface area (Å²) in [5.41, 5.74) is 1.97. The minimum absolute atomic E-state index is 0.715. The van der Waals surface area contributed by atoms with Crippen LogP contribution in [0.25, 0.3) is 10.2 Å². The van der Waals surface area contributed by atoms with Gasteiger partial charge in [-0.3, -0.25) is 4.90 Å². The number of aromatic nitrogens is 2. The fraction of sp³-hybridized carbons (Fsp3) is 0.278. The Balaban J connectivity index is 1.41. The third-order valence-corrected chi connectivity index (χ3v) is 5.22. The molecule has 0 aliphatic carbocycles. The van der Waals surface area contributed by atoms with Gasteiger partial charge in [-0.15, -0.1) is 11.3 Å². The average molecular weight is 335 g/mol. The van der Waals surface area contributed by atoms with Gasteiger partial charge in [0.15, 0.2) is 0 Å². The standard InChI is InChI=1S/C18H17N5S/c19-11-14-1-3-15(4-2-14)12-22-6-8-23(9-7-22)17-16-5-10-24-18(16)21-13-20-17/h1-5,10,13H,6-9,12H2. The summed E-state index contributed by atoms with van der Waals surface area (Å²) in [5.74, 6) is 1.05. The van der Waals surface area contributed by atoms with Gasteiger partial charge in [0, 0.05) is 32.7 Å². The second kappa shape index (κ2) is 6.56. The number of fused-ring (bicyclic) bond motifs is 1. The first-order valence-corrected chi connectivity index (χ1v) is 8.86. The molecule has 1 saturated heterocycles. The molecule has 3 heterocycles. The number of anilines is 1. The molecule has 24 heavy (non-hydrogen) atoms. The first kappa shape index (κ1) is 15.1. The van der Waals surface area contributed by atoms with E-state index in [4.69, 9.17) is 5.26 Å². The van der Waals surface area contributed by atoms with E-state index in [1.54, 1.807) is 17.7 Å². The van der Waals surface area contributed by atoms with E-state index in [1.807, 2.05) is 24.3 Å². The quantitative estimate of drug-likeness (QED) is 0.737. The molecule has 4 rings (SSSR count). The van der Waals surface area contributed by atoms with Crippen LogP contribution in [0.3, 0.4) is 0 Å². The Bertz CT molecular complexity index is 872. The van der Waals surface area contributed by atoms with Crippen LogP contribution in [0.2, 0.25) is 0 Å². The van der Waals surface area contributed by atoms with Gasteiger partial charge in [0.2, 0.25) is 0 Å². The van der Waals surface area contributed by atoms with Crippen molar-refractivity contribution in [3.8, 4) is 6.07 Å². The van der Waals surface area contributed by atoms with Crippen molar-refractivity contribution in [2.24, 2.45) is 0 Å². The van der Waals surface area contributed by atoms with Gasteiger partial charge in [0.25, 0.3) is 0 Å². The van der Waals surface area contributed by atoms with Gasteiger partial charge >= 0.3 is 0 Å². The summed E-state index contributed by atoms with van der Waals surface area (Å²) in [6.45, 7) is 4.89. The van der Waals surface area contributed by atoms with Crippen LogP contribution in [0.15, 0.2) is 42.0 Å². The van der Waals surface area contributed by atoms with Crippen molar-refractivity contribution in [2.75, 3.05) is 31.1 Å². The zero-order valence-corrected chi connectivity index (χ0v) is 14.0. The van der Waals surface area contributed by atoms with Crippen molar-refractivity contribution < 1.29 is 0 Å². The minimum atomic E-state index is 0.715. The van der Waals surface area contributed by atoms with E-state index in [2.05, 4.69) is 37.3 Å². The molecule has 0 radical (unpaired) electrons. The molecule has 0 saturated carbocycles. The number of hydrogen-bond donors (Lipinski definition) is 0. The van der Waals surface area contributed by atoms with Gasteiger partial charge in [-0.05, 0) is 29.1 Å². The first-order valence-electron chi connectivity index (χ1n) is 7.98. The molecule has 120 valence electrons. The number of piperazine rings is 1. The molecule has 5 nitrogen and oxygen atoms in total. The molecule has 2 aromatic heterocycles. The largest absolute Gasteiger partial charge is 0.353 e. The molecule has 1 fully saturated rings. The van der Waals surface area contributed by atoms with E-state index in [0.29, 0.717) is 5.56 Å². The van der Waals surface area contributed by atoms with E-state index in [9.17, 15) is 0 Å². The van der Waals surface area contributed by atoms with Crippen molar-refractivity contribution in [2.45, 2.75) is 6.54 Å². The molecule has 0 atom stereocenters. The van der Waals surface area contributed by atoms with E-state index in [1.165, 1.54) is 5.56 Å². The highest BCUT2D eigenvalue weighted by atomic mass is 32.1. The molecule has 0 N–H and O–H groups in total. The van der Waals surface area contributed by atoms with Crippen molar-refractivity contribution >= 4 is 27.4 Å². The third kappa shape index (κ3) is 2.96. The Kier molecular flexibility index (Phi) is 4.11. The summed E-state index contributed by atoms with van der Waals surface area (Å²) < 4.78 is 0. The Morgan fingerprint density at radius 1 is 1.04 bits per heavy atom. The summed E-state index contributed by atoms with van der Waals surface area (Å²) in [6, 6.07) is 12.1. The van der Waals surface area contributed by atoms with E-state index >= 15 is 0 Å². The maximum absolute atomic E-state index is 8.87. The summed E-state index contributed by atoms with van der Waals surface area (Å²) in [5, 5.41) is 12.1. The average Bonchev–Trinajstić information content (AvgIpc) is 3.12. The van der Waals surface area contributed by atoms with Crippen molar-refractivity contribution in [1.82, 2.24) is 14.9 Å². The lowest BCUT2D eigenvalue weighted by atomic mass is 10.1. The molecule has 0 spiro atoms. The third-order valence-electron chi connectivity index (χ3n) is 4.40. The van der Waals surface area contributed by atoms with Crippen LogP contribution in [-0.4, -0.2) is 41.0 Å². The zero-order chi connectivity index (χ0) is 16.4. The number of hydrogen-bond acceptors (Lipinski definition) is 6. The van der Waals surface area contributed by atoms with Gasteiger partial charge in [0.05, 0.1) is 17.0 Å². The van der Waals surface area contributed by atoms with Crippen molar-refractivity contribution in [3.05, 3.63) is 53.2 Å². The SMILES string of the molecule is N#Cc1ccc(CN2CCN(c3ncnc4sccc34)CC2)cc1. The molecule has 0 bridgehead atoms. The van der Waals surface area contributed by atoms with E-state index in [-0.39, 0.29) is 0 Å². The van der Waals surface area contributed by atoms with Crippen LogP contribution in [0.5, 0.6) is 0 Å². The van der Waals surface area contributed by atoms with Gasteiger partial charge in [-0.2, -0.15) is 5.26 Å². The maximum Gasteiger partial charge on any atom is 0.140 e. The number of nitrogens with zero attached hydrogens (tertiary/aromatic N) is 5. The van der Waals surface area contributed by atoms with Crippen molar-refractivity contribution in [1.29, 1.82) is 5.26 Å². The number of thiophene rings is 1. The Labute approximate surface area is 144 Å². The summed E-state index contributed by atoms with van der Waals surface area (Å²) in [7, 11) is 0. The monoisotopic (exact) mass is 335 g/mol. The number of nitriles is 1. The highest BCUT2D eigenvalue weighted by molar-refractivity contribution is 7.16. The van der Waals surface area contributed by atoms with Gasteiger partial charge in [0.1, 0.15) is 17.0 Å². The van der Waals surface area contributed by atoms with E-state index in [0.717, 1.165) is 48.8 Å². The lowest BCUT2D eigenvalue weighted by Crippen LogP contribution is -2.46. The molecular weight excluding hydrogens is 318 g/mol. The summed E-state index contributed by atoms with van der Waals surface area (Å²) in [4.78, 5) is 14.7. The molecule has 1 aliphatic rings. The van der Waals surface area contributed by atoms with E-state index < -0.39 is 0 Å². The maximum atomic E-state index is 8.87. The molecule has 3 aromatic rings. The van der Waals surface area contributed by atoms with Crippen LogP contribution in [0.4, 0.5) is 5.82 Å². The second-order valence-corrected chi connectivity index (χ2v) is 6.80. The normalized spacial score (nSPS) is 15.5. The lowest BCUT2D eigenvalue weighted by Gasteiger charge is -2.35. The van der Waals surface area contributed by atoms with Gasteiger partial charge in [-0.1, -0.05) is 12.1 Å². The predicted molar refractivity (Wildman–Crippen MR) is 96.1 cm³/mol. The predicted octanol–water partition coefficient (Wildman–Crippen LogP) is 2.89. The summed E-state index contributed by atoms with van der Waals surface area (Å²) in [6.07, 6.45) is 1.66. The zero-order valence-electron chi connectivity index (χ0n) is 13.2. The summed E-state index contributed by atoms with van der Waals surface area (Å²) >= 11 is 1.66. The number of rotatable bonds is 3. The topological polar surface area (TPSA) is 56.1 Å². The first-order chi connectivity index (χ1) is 11.8. The molecule has 1 aliphatic heterocycles. The smallest absolute Gasteiger partial charge is 0.140 e. The molecule has 0 unspecified atom stereocenters. The Morgan fingerprint density at radius 3 is 2.58 bits per heavy atom. The van der Waals surface area contributed by atoms with Crippen molar-refractivity contribution in [3.63, 3.8) is 0 Å². The Hall–Kier alpha value is -2.49. The fourth-order valence-corrected chi connectivity index (χ4v) is 3.82. The van der Waals surface area contributed by atoms with Gasteiger partial charge in [-0.25, -0.2) is 9.97 Å². The fourth-order valence-electron chi connectivity index (χ4n) is 3.09. The second-order valence-electron chi connectivity index (χ2n) is 5.91. The number of benzene rings is 1. The van der Waals surface area contributed by atoms with Gasteiger partial charge < -0.3 is 4.90 Å². The highest BCUT2D eigenvalue weighted by Crippen LogP contribution is 2.27. The van der Waals surface area contributed by atoms with Crippen LogP contribution in [0, 0.1) is 11.3 Å². The molecular formula is C18H17N5S. The minimum Gasteiger partial charge on any atom is -0.353 e. The highest BCUT2D eigenvalue weighted by Gasteiger charge is 2.20.